The summed E-state index contributed by atoms with van der Waals surface area (Å²) in [7, 11) is 2.04. The molecule has 3 heterocycles. The summed E-state index contributed by atoms with van der Waals surface area (Å²) in [6.07, 6.45) is 9.75. The van der Waals surface area contributed by atoms with Crippen molar-refractivity contribution in [3.8, 4) is 0 Å². The molecular formula is C16H21N5. The fourth-order valence-electron chi connectivity index (χ4n) is 2.61. The van der Waals surface area contributed by atoms with Crippen LogP contribution in [0.3, 0.4) is 0 Å². The zero-order chi connectivity index (χ0) is 14.7. The van der Waals surface area contributed by atoms with E-state index in [1.54, 1.807) is 0 Å². The average molecular weight is 283 g/mol. The number of aromatic nitrogens is 4. The van der Waals surface area contributed by atoms with Crippen molar-refractivity contribution in [3.05, 3.63) is 54.4 Å². The third-order valence-corrected chi connectivity index (χ3v) is 3.78. The maximum atomic E-state index is 4.45. The fourth-order valence-corrected chi connectivity index (χ4v) is 2.61. The Bertz CT molecular complexity index is 712. The lowest BCUT2D eigenvalue weighted by atomic mass is 10.0. The normalized spacial score (nSPS) is 12.9. The second kappa shape index (κ2) is 6.10. The largest absolute Gasteiger partial charge is 0.338 e. The predicted octanol–water partition coefficient (Wildman–Crippen LogP) is 2.35. The summed E-state index contributed by atoms with van der Waals surface area (Å²) >= 11 is 0. The number of rotatable bonds is 6. The molecule has 0 aliphatic rings. The highest BCUT2D eigenvalue weighted by atomic mass is 15.2. The minimum atomic E-state index is 0.228. The summed E-state index contributed by atoms with van der Waals surface area (Å²) < 4.78 is 4.00. The smallest absolute Gasteiger partial charge is 0.110 e. The topological polar surface area (TPSA) is 47.2 Å². The number of fused-ring (bicyclic) bond motifs is 1. The molecule has 0 amide bonds. The highest BCUT2D eigenvalue weighted by Crippen LogP contribution is 2.22. The monoisotopic (exact) mass is 283 g/mol. The van der Waals surface area contributed by atoms with E-state index < -0.39 is 0 Å². The maximum Gasteiger partial charge on any atom is 0.110 e. The van der Waals surface area contributed by atoms with Gasteiger partial charge in [0.15, 0.2) is 0 Å². The van der Waals surface area contributed by atoms with Crippen LogP contribution >= 0.6 is 0 Å². The molecule has 5 nitrogen and oxygen atoms in total. The van der Waals surface area contributed by atoms with E-state index in [9.17, 15) is 0 Å². The lowest BCUT2D eigenvalue weighted by Gasteiger charge is -2.17. The van der Waals surface area contributed by atoms with Crippen LogP contribution in [0.15, 0.2) is 43.0 Å². The van der Waals surface area contributed by atoms with Crippen molar-refractivity contribution in [2.45, 2.75) is 25.8 Å². The number of hydrogen-bond acceptors (Lipinski definition) is 3. The van der Waals surface area contributed by atoms with Crippen molar-refractivity contribution >= 4 is 5.52 Å². The Kier molecular flexibility index (Phi) is 4.01. The predicted molar refractivity (Wildman–Crippen MR) is 83.1 cm³/mol. The van der Waals surface area contributed by atoms with Crippen molar-refractivity contribution in [3.63, 3.8) is 0 Å². The summed E-state index contributed by atoms with van der Waals surface area (Å²) in [4.78, 5) is 4.45. The lowest BCUT2D eigenvalue weighted by Crippen LogP contribution is -2.25. The standard InChI is InChI=1S/C16H21N5/c1-3-7-17-14(11-16-18-8-10-20(16)2)13-12-19-21-9-5-4-6-15(13)21/h4-6,8-10,12,14,17H,3,7,11H2,1-2H3. The van der Waals surface area contributed by atoms with Gasteiger partial charge in [0.05, 0.1) is 11.7 Å². The number of nitrogens with zero attached hydrogens (tertiary/aromatic N) is 4. The Hall–Kier alpha value is -2.14. The van der Waals surface area contributed by atoms with Crippen molar-refractivity contribution in [2.75, 3.05) is 6.54 Å². The molecular weight excluding hydrogens is 262 g/mol. The van der Waals surface area contributed by atoms with Gasteiger partial charge in [-0.05, 0) is 25.1 Å². The van der Waals surface area contributed by atoms with Gasteiger partial charge in [-0.25, -0.2) is 9.50 Å². The molecule has 0 radical (unpaired) electrons. The molecule has 0 aromatic carbocycles. The molecule has 0 saturated heterocycles. The van der Waals surface area contributed by atoms with E-state index in [2.05, 4.69) is 39.0 Å². The molecule has 3 aromatic rings. The maximum absolute atomic E-state index is 4.45. The van der Waals surface area contributed by atoms with Gasteiger partial charge < -0.3 is 9.88 Å². The third kappa shape index (κ3) is 2.83. The highest BCUT2D eigenvalue weighted by Gasteiger charge is 2.18. The van der Waals surface area contributed by atoms with Gasteiger partial charge in [-0.2, -0.15) is 5.10 Å². The van der Waals surface area contributed by atoms with Crippen molar-refractivity contribution in [2.24, 2.45) is 7.05 Å². The number of hydrogen-bond donors (Lipinski definition) is 1. The van der Waals surface area contributed by atoms with Crippen LogP contribution in [0, 0.1) is 0 Å². The van der Waals surface area contributed by atoms with Crippen molar-refractivity contribution < 1.29 is 0 Å². The lowest BCUT2D eigenvalue weighted by molar-refractivity contribution is 0.514. The Labute approximate surface area is 124 Å². The van der Waals surface area contributed by atoms with Gasteiger partial charge in [0.2, 0.25) is 0 Å². The van der Waals surface area contributed by atoms with Gasteiger partial charge >= 0.3 is 0 Å². The molecule has 3 rings (SSSR count). The minimum absolute atomic E-state index is 0.228. The third-order valence-electron chi connectivity index (χ3n) is 3.78. The molecule has 0 saturated carbocycles. The van der Waals surface area contributed by atoms with Gasteiger partial charge in [0.25, 0.3) is 0 Å². The zero-order valence-corrected chi connectivity index (χ0v) is 12.5. The number of nitrogens with one attached hydrogen (secondary N) is 1. The summed E-state index contributed by atoms with van der Waals surface area (Å²) in [5, 5.41) is 8.07. The molecule has 3 aromatic heterocycles. The minimum Gasteiger partial charge on any atom is -0.338 e. The van der Waals surface area contributed by atoms with Crippen LogP contribution in [0.4, 0.5) is 0 Å². The first-order valence-corrected chi connectivity index (χ1v) is 7.41. The number of imidazole rings is 1. The van der Waals surface area contributed by atoms with Gasteiger partial charge in [0, 0.05) is 43.7 Å². The van der Waals surface area contributed by atoms with Gasteiger partial charge in [-0.3, -0.25) is 0 Å². The van der Waals surface area contributed by atoms with E-state index in [1.165, 1.54) is 5.56 Å². The average Bonchev–Trinajstić information content (AvgIpc) is 3.10. The van der Waals surface area contributed by atoms with Crippen LogP contribution in [0.1, 0.15) is 30.8 Å². The van der Waals surface area contributed by atoms with E-state index in [-0.39, 0.29) is 6.04 Å². The van der Waals surface area contributed by atoms with E-state index in [4.69, 9.17) is 0 Å². The first-order chi connectivity index (χ1) is 10.3. The van der Waals surface area contributed by atoms with Crippen molar-refractivity contribution in [1.29, 1.82) is 0 Å². The molecule has 1 N–H and O–H groups in total. The second-order valence-corrected chi connectivity index (χ2v) is 5.30. The van der Waals surface area contributed by atoms with Gasteiger partial charge in [0.1, 0.15) is 5.82 Å². The Morgan fingerprint density at radius 2 is 2.19 bits per heavy atom. The highest BCUT2D eigenvalue weighted by molar-refractivity contribution is 5.55. The SMILES string of the molecule is CCCNC(Cc1nccn1C)c1cnn2ccccc12. The van der Waals surface area contributed by atoms with Gasteiger partial charge in [-0.1, -0.05) is 13.0 Å². The molecule has 0 aliphatic carbocycles. The van der Waals surface area contributed by atoms with E-state index in [0.717, 1.165) is 30.7 Å². The molecule has 0 fully saturated rings. The molecule has 0 aliphatic heterocycles. The molecule has 0 bridgehead atoms. The second-order valence-electron chi connectivity index (χ2n) is 5.30. The fraction of sp³-hybridized carbons (Fsp3) is 0.375. The zero-order valence-electron chi connectivity index (χ0n) is 12.5. The van der Waals surface area contributed by atoms with Crippen molar-refractivity contribution in [1.82, 2.24) is 24.5 Å². The van der Waals surface area contributed by atoms with Gasteiger partial charge in [-0.15, -0.1) is 0 Å². The summed E-state index contributed by atoms with van der Waals surface area (Å²) in [5.74, 6) is 1.08. The van der Waals surface area contributed by atoms with E-state index in [0.29, 0.717) is 0 Å². The van der Waals surface area contributed by atoms with Crippen LogP contribution in [0.5, 0.6) is 0 Å². The molecule has 21 heavy (non-hydrogen) atoms. The molecule has 1 unspecified atom stereocenters. The summed E-state index contributed by atoms with van der Waals surface area (Å²) in [6, 6.07) is 6.39. The van der Waals surface area contributed by atoms with Crippen LogP contribution in [0.2, 0.25) is 0 Å². The van der Waals surface area contributed by atoms with E-state index in [1.807, 2.05) is 42.4 Å². The van der Waals surface area contributed by atoms with Crippen LogP contribution in [0.25, 0.3) is 5.52 Å². The number of aryl methyl sites for hydroxylation is 1. The first kappa shape index (κ1) is 13.8. The summed E-state index contributed by atoms with van der Waals surface area (Å²) in [6.45, 7) is 3.17. The summed E-state index contributed by atoms with van der Waals surface area (Å²) in [5.41, 5.74) is 2.38. The first-order valence-electron chi connectivity index (χ1n) is 7.41. The molecule has 1 atom stereocenters. The molecule has 0 spiro atoms. The Morgan fingerprint density at radius 3 is 2.95 bits per heavy atom. The van der Waals surface area contributed by atoms with Crippen LogP contribution in [-0.4, -0.2) is 25.7 Å². The van der Waals surface area contributed by atoms with E-state index >= 15 is 0 Å². The Morgan fingerprint density at radius 1 is 1.29 bits per heavy atom. The molecule has 110 valence electrons. The van der Waals surface area contributed by atoms with Crippen LogP contribution in [-0.2, 0) is 13.5 Å². The Balaban J connectivity index is 1.93. The quantitative estimate of drug-likeness (QED) is 0.755. The molecule has 5 heteroatoms. The van der Waals surface area contributed by atoms with Crippen LogP contribution < -0.4 is 5.32 Å². The number of pyridine rings is 1.